The fraction of sp³-hybridized carbons (Fsp3) is 0.222. The van der Waals surface area contributed by atoms with Gasteiger partial charge in [0.25, 0.3) is 0 Å². The fourth-order valence-electron chi connectivity index (χ4n) is 2.49. The average Bonchev–Trinajstić information content (AvgIpc) is 2.50. The third kappa shape index (κ3) is 3.43. The molecule has 3 rings (SSSR count). The number of nitrogens with zero attached hydrogens (tertiary/aromatic N) is 1. The van der Waals surface area contributed by atoms with Crippen molar-refractivity contribution in [1.29, 1.82) is 0 Å². The van der Waals surface area contributed by atoms with Gasteiger partial charge in [0, 0.05) is 9.92 Å². The van der Waals surface area contributed by atoms with Crippen LogP contribution in [0.15, 0.2) is 50.5 Å². The van der Waals surface area contributed by atoms with E-state index in [0.717, 1.165) is 16.0 Å². The molecule has 3 aromatic rings. The Hall–Kier alpha value is -1.78. The zero-order chi connectivity index (χ0) is 16.6. The Balaban J connectivity index is 1.99. The van der Waals surface area contributed by atoms with Crippen LogP contribution >= 0.6 is 23.4 Å². The minimum atomic E-state index is -0.333. The summed E-state index contributed by atoms with van der Waals surface area (Å²) >= 11 is 7.48. The van der Waals surface area contributed by atoms with E-state index in [9.17, 15) is 4.79 Å². The number of hydrogen-bond acceptors (Lipinski definition) is 4. The summed E-state index contributed by atoms with van der Waals surface area (Å²) in [4.78, 5) is 17.9. The Bertz CT molecular complexity index is 919. The Labute approximate surface area is 143 Å². The summed E-state index contributed by atoms with van der Waals surface area (Å²) in [7, 11) is 0. The standard InChI is InChI=1S/C18H16ClNO2S/c1-10-8-11(2)16-15(9-10)18(21)22-17(20-16)12(3)23-14-6-4-13(19)5-7-14/h4-9,12H,1-3H3/t12-/m1/s1. The number of aryl methyl sites for hydroxylation is 2. The van der Waals surface area contributed by atoms with Gasteiger partial charge in [-0.25, -0.2) is 9.78 Å². The van der Waals surface area contributed by atoms with Crippen LogP contribution in [0.5, 0.6) is 0 Å². The lowest BCUT2D eigenvalue weighted by Crippen LogP contribution is -2.07. The second-order valence-electron chi connectivity index (χ2n) is 5.53. The van der Waals surface area contributed by atoms with Gasteiger partial charge in [0.1, 0.15) is 0 Å². The van der Waals surface area contributed by atoms with Gasteiger partial charge in [-0.3, -0.25) is 0 Å². The van der Waals surface area contributed by atoms with Crippen molar-refractivity contribution in [3.05, 3.63) is 68.9 Å². The van der Waals surface area contributed by atoms with Gasteiger partial charge in [0.05, 0.1) is 16.2 Å². The molecule has 118 valence electrons. The molecular weight excluding hydrogens is 330 g/mol. The highest BCUT2D eigenvalue weighted by molar-refractivity contribution is 7.99. The van der Waals surface area contributed by atoms with Gasteiger partial charge >= 0.3 is 5.63 Å². The van der Waals surface area contributed by atoms with Crippen LogP contribution in [0.4, 0.5) is 0 Å². The molecule has 0 bridgehead atoms. The van der Waals surface area contributed by atoms with Crippen LogP contribution in [0.2, 0.25) is 5.02 Å². The third-order valence-electron chi connectivity index (χ3n) is 3.56. The Morgan fingerprint density at radius 1 is 1.17 bits per heavy atom. The molecule has 1 atom stereocenters. The van der Waals surface area contributed by atoms with Gasteiger partial charge in [-0.15, -0.1) is 11.8 Å². The summed E-state index contributed by atoms with van der Waals surface area (Å²) in [6, 6.07) is 11.4. The quantitative estimate of drug-likeness (QED) is 0.603. The molecule has 0 N–H and O–H groups in total. The van der Waals surface area contributed by atoms with E-state index in [1.807, 2.05) is 57.2 Å². The predicted molar refractivity (Wildman–Crippen MR) is 95.5 cm³/mol. The molecule has 0 radical (unpaired) electrons. The number of rotatable bonds is 3. The van der Waals surface area contributed by atoms with Gasteiger partial charge < -0.3 is 4.42 Å². The zero-order valence-corrected chi connectivity index (χ0v) is 14.7. The van der Waals surface area contributed by atoms with Gasteiger partial charge in [-0.2, -0.15) is 0 Å². The summed E-state index contributed by atoms with van der Waals surface area (Å²) in [5, 5.41) is 1.16. The number of thioether (sulfide) groups is 1. The monoisotopic (exact) mass is 345 g/mol. The van der Waals surface area contributed by atoms with E-state index in [1.165, 1.54) is 0 Å². The zero-order valence-electron chi connectivity index (χ0n) is 13.1. The van der Waals surface area contributed by atoms with Gasteiger partial charge in [-0.1, -0.05) is 17.7 Å². The molecule has 0 unspecified atom stereocenters. The predicted octanol–water partition coefficient (Wildman–Crippen LogP) is 5.31. The number of halogens is 1. The molecule has 23 heavy (non-hydrogen) atoms. The van der Waals surface area contributed by atoms with Gasteiger partial charge in [0.2, 0.25) is 5.89 Å². The first kappa shape index (κ1) is 16.1. The van der Waals surface area contributed by atoms with E-state index < -0.39 is 0 Å². The summed E-state index contributed by atoms with van der Waals surface area (Å²) in [5.41, 5.74) is 2.39. The second-order valence-corrected chi connectivity index (χ2v) is 7.38. The highest BCUT2D eigenvalue weighted by Gasteiger charge is 2.16. The lowest BCUT2D eigenvalue weighted by molar-refractivity contribution is 0.447. The van der Waals surface area contributed by atoms with Gasteiger partial charge in [-0.05, 0) is 62.2 Å². The van der Waals surface area contributed by atoms with E-state index in [-0.39, 0.29) is 10.9 Å². The van der Waals surface area contributed by atoms with E-state index in [4.69, 9.17) is 16.0 Å². The van der Waals surface area contributed by atoms with Crippen molar-refractivity contribution in [3.63, 3.8) is 0 Å². The van der Waals surface area contributed by atoms with E-state index in [2.05, 4.69) is 4.98 Å². The Morgan fingerprint density at radius 2 is 1.87 bits per heavy atom. The van der Waals surface area contributed by atoms with E-state index >= 15 is 0 Å². The molecule has 1 aromatic heterocycles. The molecule has 1 heterocycles. The van der Waals surface area contributed by atoms with Crippen LogP contribution in [-0.2, 0) is 0 Å². The maximum Gasteiger partial charge on any atom is 0.346 e. The van der Waals surface area contributed by atoms with Crippen LogP contribution < -0.4 is 5.63 Å². The van der Waals surface area contributed by atoms with Crippen molar-refractivity contribution in [2.75, 3.05) is 0 Å². The molecule has 0 spiro atoms. The van der Waals surface area contributed by atoms with Crippen molar-refractivity contribution >= 4 is 34.3 Å². The molecule has 0 fully saturated rings. The minimum absolute atomic E-state index is 0.0750. The van der Waals surface area contributed by atoms with Crippen molar-refractivity contribution < 1.29 is 4.42 Å². The number of aromatic nitrogens is 1. The number of benzene rings is 2. The van der Waals surface area contributed by atoms with Crippen molar-refractivity contribution in [1.82, 2.24) is 4.98 Å². The molecule has 3 nitrogen and oxygen atoms in total. The van der Waals surface area contributed by atoms with Crippen molar-refractivity contribution in [2.45, 2.75) is 30.9 Å². The van der Waals surface area contributed by atoms with Crippen molar-refractivity contribution in [2.24, 2.45) is 0 Å². The van der Waals surface area contributed by atoms with E-state index in [0.29, 0.717) is 21.8 Å². The Morgan fingerprint density at radius 3 is 2.57 bits per heavy atom. The van der Waals surface area contributed by atoms with Gasteiger partial charge in [0.15, 0.2) is 0 Å². The first-order valence-corrected chi connectivity index (χ1v) is 8.54. The average molecular weight is 346 g/mol. The molecule has 0 saturated carbocycles. The normalized spacial score (nSPS) is 12.5. The maximum atomic E-state index is 12.3. The highest BCUT2D eigenvalue weighted by Crippen LogP contribution is 2.34. The van der Waals surface area contributed by atoms with Crippen LogP contribution in [0.3, 0.4) is 0 Å². The summed E-state index contributed by atoms with van der Waals surface area (Å²) in [5.74, 6) is 0.439. The van der Waals surface area contributed by atoms with Crippen molar-refractivity contribution in [3.8, 4) is 0 Å². The van der Waals surface area contributed by atoms with Crippen LogP contribution in [-0.4, -0.2) is 4.98 Å². The first-order chi connectivity index (χ1) is 10.9. The molecular formula is C18H16ClNO2S. The van der Waals surface area contributed by atoms with Crippen LogP contribution in [0, 0.1) is 13.8 Å². The maximum absolute atomic E-state index is 12.3. The second kappa shape index (κ2) is 6.38. The minimum Gasteiger partial charge on any atom is -0.407 e. The SMILES string of the molecule is Cc1cc(C)c2nc([C@@H](C)Sc3ccc(Cl)cc3)oc(=O)c2c1. The number of fused-ring (bicyclic) bond motifs is 1. The molecule has 0 saturated heterocycles. The lowest BCUT2D eigenvalue weighted by Gasteiger charge is -2.11. The first-order valence-electron chi connectivity index (χ1n) is 7.28. The Kier molecular flexibility index (Phi) is 4.46. The molecule has 2 aromatic carbocycles. The molecule has 0 aliphatic rings. The topological polar surface area (TPSA) is 43.1 Å². The fourth-order valence-corrected chi connectivity index (χ4v) is 3.52. The summed E-state index contributed by atoms with van der Waals surface area (Å²) in [6.45, 7) is 5.89. The molecule has 5 heteroatoms. The molecule has 0 amide bonds. The number of hydrogen-bond donors (Lipinski definition) is 0. The third-order valence-corrected chi connectivity index (χ3v) is 4.91. The van der Waals surface area contributed by atoms with Crippen LogP contribution in [0.25, 0.3) is 10.9 Å². The highest BCUT2D eigenvalue weighted by atomic mass is 35.5. The summed E-state index contributed by atoms with van der Waals surface area (Å²) < 4.78 is 5.44. The van der Waals surface area contributed by atoms with E-state index in [1.54, 1.807) is 11.8 Å². The molecule has 0 aliphatic heterocycles. The molecule has 0 aliphatic carbocycles. The smallest absolute Gasteiger partial charge is 0.346 e. The summed E-state index contributed by atoms with van der Waals surface area (Å²) in [6.07, 6.45) is 0. The van der Waals surface area contributed by atoms with Crippen LogP contribution in [0.1, 0.15) is 29.2 Å². The lowest BCUT2D eigenvalue weighted by atomic mass is 10.1. The largest absolute Gasteiger partial charge is 0.407 e.